The van der Waals surface area contributed by atoms with Crippen molar-refractivity contribution in [2.24, 2.45) is 7.05 Å². The van der Waals surface area contributed by atoms with Crippen LogP contribution in [-0.2, 0) is 7.05 Å². The van der Waals surface area contributed by atoms with Crippen LogP contribution in [0.1, 0.15) is 28.5 Å². The summed E-state index contributed by atoms with van der Waals surface area (Å²) in [5, 5.41) is 12.5. The molecule has 2 heterocycles. The maximum absolute atomic E-state index is 12.0. The SMILES string of the molecule is CC(NC(=O)c1sccc1Br)c1nncn1C. The van der Waals surface area contributed by atoms with Gasteiger partial charge < -0.3 is 9.88 Å². The Bertz CT molecular complexity index is 536. The highest BCUT2D eigenvalue weighted by Gasteiger charge is 2.17. The standard InChI is InChI=1S/C10H11BrN4OS/c1-6(9-14-12-5-15(9)2)13-10(16)8-7(11)3-4-17-8/h3-6H,1-2H3,(H,13,16). The molecule has 0 saturated carbocycles. The summed E-state index contributed by atoms with van der Waals surface area (Å²) in [5.74, 6) is 0.619. The molecule has 0 aliphatic carbocycles. The highest BCUT2D eigenvalue weighted by atomic mass is 79.9. The Labute approximate surface area is 111 Å². The van der Waals surface area contributed by atoms with E-state index in [0.29, 0.717) is 4.88 Å². The maximum Gasteiger partial charge on any atom is 0.263 e. The third-order valence-corrected chi connectivity index (χ3v) is 4.14. The molecule has 0 radical (unpaired) electrons. The molecule has 7 heteroatoms. The average Bonchev–Trinajstić information content (AvgIpc) is 2.86. The molecule has 2 rings (SSSR count). The van der Waals surface area contributed by atoms with Crippen molar-refractivity contribution in [3.05, 3.63) is 32.9 Å². The third kappa shape index (κ3) is 2.55. The Hall–Kier alpha value is -1.21. The normalized spacial score (nSPS) is 12.4. The summed E-state index contributed by atoms with van der Waals surface area (Å²) in [6.45, 7) is 1.88. The summed E-state index contributed by atoms with van der Waals surface area (Å²) in [7, 11) is 1.85. The number of halogens is 1. The topological polar surface area (TPSA) is 59.8 Å². The average molecular weight is 315 g/mol. The predicted molar refractivity (Wildman–Crippen MR) is 68.9 cm³/mol. The summed E-state index contributed by atoms with van der Waals surface area (Å²) in [5.41, 5.74) is 0. The van der Waals surface area contributed by atoms with Crippen molar-refractivity contribution in [2.45, 2.75) is 13.0 Å². The second-order valence-electron chi connectivity index (χ2n) is 3.59. The monoisotopic (exact) mass is 314 g/mol. The van der Waals surface area contributed by atoms with Crippen LogP contribution in [0.15, 0.2) is 22.2 Å². The van der Waals surface area contributed by atoms with E-state index in [1.165, 1.54) is 11.3 Å². The molecule has 90 valence electrons. The van der Waals surface area contributed by atoms with E-state index >= 15 is 0 Å². The molecule has 0 spiro atoms. The van der Waals surface area contributed by atoms with E-state index in [0.717, 1.165) is 10.3 Å². The van der Waals surface area contributed by atoms with E-state index < -0.39 is 0 Å². The first-order valence-electron chi connectivity index (χ1n) is 4.97. The summed E-state index contributed by atoms with van der Waals surface area (Å²) < 4.78 is 2.60. The third-order valence-electron chi connectivity index (χ3n) is 2.30. The second kappa shape index (κ2) is 4.97. The van der Waals surface area contributed by atoms with Crippen molar-refractivity contribution in [3.8, 4) is 0 Å². The highest BCUT2D eigenvalue weighted by Crippen LogP contribution is 2.23. The lowest BCUT2D eigenvalue weighted by molar-refractivity contribution is 0.0941. The Morgan fingerprint density at radius 3 is 2.94 bits per heavy atom. The number of amides is 1. The zero-order valence-corrected chi connectivity index (χ0v) is 11.7. The fraction of sp³-hybridized carbons (Fsp3) is 0.300. The number of nitrogens with zero attached hydrogens (tertiary/aromatic N) is 3. The number of nitrogens with one attached hydrogen (secondary N) is 1. The zero-order chi connectivity index (χ0) is 12.4. The van der Waals surface area contributed by atoms with Gasteiger partial charge in [-0.1, -0.05) is 0 Å². The quantitative estimate of drug-likeness (QED) is 0.944. The molecular formula is C10H11BrN4OS. The number of aryl methyl sites for hydroxylation is 1. The summed E-state index contributed by atoms with van der Waals surface area (Å²) in [6, 6.07) is 1.68. The van der Waals surface area contributed by atoms with Crippen LogP contribution in [-0.4, -0.2) is 20.7 Å². The lowest BCUT2D eigenvalue weighted by Crippen LogP contribution is -2.28. The molecule has 0 aromatic carbocycles. The Balaban J connectivity index is 2.10. The summed E-state index contributed by atoms with van der Waals surface area (Å²) in [6.07, 6.45) is 1.61. The molecule has 0 saturated heterocycles. The van der Waals surface area contributed by atoms with E-state index in [1.807, 2.05) is 25.4 Å². The molecule has 0 aliphatic heterocycles. The molecule has 0 fully saturated rings. The van der Waals surface area contributed by atoms with Gasteiger partial charge in [-0.2, -0.15) is 0 Å². The van der Waals surface area contributed by atoms with Gasteiger partial charge in [-0.25, -0.2) is 0 Å². The van der Waals surface area contributed by atoms with Gasteiger partial charge in [0.2, 0.25) is 0 Å². The van der Waals surface area contributed by atoms with Gasteiger partial charge >= 0.3 is 0 Å². The van der Waals surface area contributed by atoms with Crippen LogP contribution in [0.2, 0.25) is 0 Å². The first kappa shape index (κ1) is 12.3. The first-order valence-corrected chi connectivity index (χ1v) is 6.64. The summed E-state index contributed by atoms with van der Waals surface area (Å²) in [4.78, 5) is 12.6. The van der Waals surface area contributed by atoms with Crippen molar-refractivity contribution in [3.63, 3.8) is 0 Å². The van der Waals surface area contributed by atoms with Gasteiger partial charge in [0.15, 0.2) is 5.82 Å². The molecule has 17 heavy (non-hydrogen) atoms. The molecule has 1 unspecified atom stereocenters. The van der Waals surface area contributed by atoms with Crippen LogP contribution in [0.3, 0.4) is 0 Å². The lowest BCUT2D eigenvalue weighted by Gasteiger charge is -2.12. The second-order valence-corrected chi connectivity index (χ2v) is 5.36. The van der Waals surface area contributed by atoms with Gasteiger partial charge in [0, 0.05) is 11.5 Å². The molecule has 2 aromatic heterocycles. The number of rotatable bonds is 3. The van der Waals surface area contributed by atoms with Gasteiger partial charge in [-0.05, 0) is 34.3 Å². The van der Waals surface area contributed by atoms with Crippen molar-refractivity contribution < 1.29 is 4.79 Å². The molecule has 0 aliphatic rings. The molecule has 1 atom stereocenters. The molecule has 1 amide bonds. The maximum atomic E-state index is 12.0. The minimum atomic E-state index is -0.177. The van der Waals surface area contributed by atoms with Crippen molar-refractivity contribution in [1.29, 1.82) is 0 Å². The summed E-state index contributed by atoms with van der Waals surface area (Å²) >= 11 is 4.74. The Morgan fingerprint density at radius 2 is 2.41 bits per heavy atom. The van der Waals surface area contributed by atoms with Gasteiger partial charge in [0.25, 0.3) is 5.91 Å². The number of aromatic nitrogens is 3. The number of hydrogen-bond donors (Lipinski definition) is 1. The number of thiophene rings is 1. The van der Waals surface area contributed by atoms with Crippen LogP contribution in [0, 0.1) is 0 Å². The smallest absolute Gasteiger partial charge is 0.263 e. The highest BCUT2D eigenvalue weighted by molar-refractivity contribution is 9.10. The number of carbonyl (C=O) groups excluding carboxylic acids is 1. The largest absolute Gasteiger partial charge is 0.342 e. The van der Waals surface area contributed by atoms with Crippen molar-refractivity contribution in [2.75, 3.05) is 0 Å². The molecule has 0 bridgehead atoms. The first-order chi connectivity index (χ1) is 8.09. The van der Waals surface area contributed by atoms with E-state index in [4.69, 9.17) is 0 Å². The van der Waals surface area contributed by atoms with Gasteiger partial charge in [-0.3, -0.25) is 4.79 Å². The molecule has 2 aromatic rings. The van der Waals surface area contributed by atoms with Crippen molar-refractivity contribution in [1.82, 2.24) is 20.1 Å². The predicted octanol–water partition coefficient (Wildman–Crippen LogP) is 2.13. The van der Waals surface area contributed by atoms with Crippen LogP contribution in [0.4, 0.5) is 0 Å². The minimum Gasteiger partial charge on any atom is -0.342 e. The molecule has 1 N–H and O–H groups in total. The Morgan fingerprint density at radius 1 is 1.65 bits per heavy atom. The van der Waals surface area contributed by atoms with Crippen LogP contribution in [0.25, 0.3) is 0 Å². The van der Waals surface area contributed by atoms with Gasteiger partial charge in [0.05, 0.1) is 6.04 Å². The van der Waals surface area contributed by atoms with E-state index in [-0.39, 0.29) is 11.9 Å². The Kier molecular flexibility index (Phi) is 3.58. The van der Waals surface area contributed by atoms with E-state index in [2.05, 4.69) is 31.4 Å². The zero-order valence-electron chi connectivity index (χ0n) is 9.35. The van der Waals surface area contributed by atoms with Crippen LogP contribution in [0.5, 0.6) is 0 Å². The fourth-order valence-corrected chi connectivity index (χ4v) is 2.92. The number of hydrogen-bond acceptors (Lipinski definition) is 4. The lowest BCUT2D eigenvalue weighted by atomic mass is 10.3. The van der Waals surface area contributed by atoms with Gasteiger partial charge in [-0.15, -0.1) is 21.5 Å². The minimum absolute atomic E-state index is 0.109. The van der Waals surface area contributed by atoms with Crippen LogP contribution >= 0.6 is 27.3 Å². The molecule has 5 nitrogen and oxygen atoms in total. The van der Waals surface area contributed by atoms with Crippen LogP contribution < -0.4 is 5.32 Å². The molecular weight excluding hydrogens is 304 g/mol. The van der Waals surface area contributed by atoms with Gasteiger partial charge in [0.1, 0.15) is 11.2 Å². The number of carbonyl (C=O) groups is 1. The van der Waals surface area contributed by atoms with E-state index in [1.54, 1.807) is 10.9 Å². The fourth-order valence-electron chi connectivity index (χ4n) is 1.47. The van der Waals surface area contributed by atoms with Crippen molar-refractivity contribution >= 4 is 33.2 Å². The van der Waals surface area contributed by atoms with E-state index in [9.17, 15) is 4.79 Å².